The molecule has 4 rings (SSSR count). The van der Waals surface area contributed by atoms with Gasteiger partial charge in [-0.1, -0.05) is 60.7 Å². The summed E-state index contributed by atoms with van der Waals surface area (Å²) in [7, 11) is 0. The number of hydrogen-bond donors (Lipinski definition) is 1. The lowest BCUT2D eigenvalue weighted by Crippen LogP contribution is -2.25. The molecule has 2 atom stereocenters. The standard InChI is InChI=1S/C19H16O2/c20-18-12-16(13-6-2-1-3-7-13)19-15-9-5-4-8-14(15)10-11-17(19)21-18/h1-11,16,18,20H,12H2/t16-,18-/m1/s1. The molecular weight excluding hydrogens is 260 g/mol. The van der Waals surface area contributed by atoms with E-state index in [-0.39, 0.29) is 5.92 Å². The Hall–Kier alpha value is -2.32. The number of rotatable bonds is 1. The zero-order valence-corrected chi connectivity index (χ0v) is 11.6. The van der Waals surface area contributed by atoms with Crippen LogP contribution in [0.1, 0.15) is 23.5 Å². The third-order valence-corrected chi connectivity index (χ3v) is 4.18. The fraction of sp³-hybridized carbons (Fsp3) is 0.158. The second-order valence-electron chi connectivity index (χ2n) is 5.47. The molecule has 2 nitrogen and oxygen atoms in total. The van der Waals surface area contributed by atoms with Crippen LogP contribution in [0, 0.1) is 0 Å². The first-order valence-corrected chi connectivity index (χ1v) is 7.24. The molecule has 0 bridgehead atoms. The van der Waals surface area contributed by atoms with Gasteiger partial charge in [-0.05, 0) is 22.4 Å². The van der Waals surface area contributed by atoms with Crippen molar-refractivity contribution in [3.8, 4) is 5.75 Å². The quantitative estimate of drug-likeness (QED) is 0.726. The molecule has 21 heavy (non-hydrogen) atoms. The summed E-state index contributed by atoms with van der Waals surface area (Å²) in [5, 5.41) is 12.4. The first-order valence-electron chi connectivity index (χ1n) is 7.24. The lowest BCUT2D eigenvalue weighted by Gasteiger charge is -2.31. The Labute approximate surface area is 123 Å². The van der Waals surface area contributed by atoms with Crippen molar-refractivity contribution in [2.45, 2.75) is 18.6 Å². The average Bonchev–Trinajstić information content (AvgIpc) is 2.54. The Morgan fingerprint density at radius 2 is 1.62 bits per heavy atom. The minimum Gasteiger partial charge on any atom is -0.465 e. The van der Waals surface area contributed by atoms with Crippen molar-refractivity contribution in [3.63, 3.8) is 0 Å². The van der Waals surface area contributed by atoms with Gasteiger partial charge in [-0.15, -0.1) is 0 Å². The summed E-state index contributed by atoms with van der Waals surface area (Å²) in [6.07, 6.45) is -0.158. The van der Waals surface area contributed by atoms with Crippen molar-refractivity contribution < 1.29 is 9.84 Å². The largest absolute Gasteiger partial charge is 0.465 e. The number of benzene rings is 3. The predicted molar refractivity (Wildman–Crippen MR) is 83.5 cm³/mol. The van der Waals surface area contributed by atoms with Crippen molar-refractivity contribution in [2.24, 2.45) is 0 Å². The molecule has 0 saturated heterocycles. The van der Waals surface area contributed by atoms with Gasteiger partial charge < -0.3 is 9.84 Å². The van der Waals surface area contributed by atoms with Crippen LogP contribution in [0.3, 0.4) is 0 Å². The van der Waals surface area contributed by atoms with E-state index in [0.29, 0.717) is 6.42 Å². The molecule has 0 aliphatic carbocycles. The molecule has 0 aromatic heterocycles. The van der Waals surface area contributed by atoms with Gasteiger partial charge in [0.2, 0.25) is 0 Å². The highest BCUT2D eigenvalue weighted by Crippen LogP contribution is 2.43. The maximum absolute atomic E-state index is 10.0. The summed E-state index contributed by atoms with van der Waals surface area (Å²) in [6, 6.07) is 22.7. The Morgan fingerprint density at radius 1 is 0.857 bits per heavy atom. The van der Waals surface area contributed by atoms with E-state index in [4.69, 9.17) is 4.74 Å². The minimum atomic E-state index is -0.746. The summed E-state index contributed by atoms with van der Waals surface area (Å²) < 4.78 is 5.65. The Bertz CT molecular complexity index is 780. The van der Waals surface area contributed by atoms with Crippen LogP contribution < -0.4 is 4.74 Å². The van der Waals surface area contributed by atoms with Gasteiger partial charge in [-0.25, -0.2) is 0 Å². The monoisotopic (exact) mass is 276 g/mol. The van der Waals surface area contributed by atoms with Crippen LogP contribution in [-0.2, 0) is 0 Å². The summed E-state index contributed by atoms with van der Waals surface area (Å²) in [6.45, 7) is 0. The molecule has 0 spiro atoms. The molecule has 3 aromatic rings. The molecule has 1 aliphatic rings. The molecule has 1 aliphatic heterocycles. The van der Waals surface area contributed by atoms with Crippen LogP contribution in [0.2, 0.25) is 0 Å². The van der Waals surface area contributed by atoms with Gasteiger partial charge in [0.1, 0.15) is 5.75 Å². The summed E-state index contributed by atoms with van der Waals surface area (Å²) in [5.41, 5.74) is 2.40. The topological polar surface area (TPSA) is 29.5 Å². The van der Waals surface area contributed by atoms with Crippen LogP contribution in [0.25, 0.3) is 10.8 Å². The van der Waals surface area contributed by atoms with E-state index in [1.54, 1.807) is 0 Å². The van der Waals surface area contributed by atoms with Crippen LogP contribution >= 0.6 is 0 Å². The maximum Gasteiger partial charge on any atom is 0.198 e. The van der Waals surface area contributed by atoms with E-state index < -0.39 is 6.29 Å². The number of fused-ring (bicyclic) bond motifs is 3. The van der Waals surface area contributed by atoms with Crippen molar-refractivity contribution in [2.75, 3.05) is 0 Å². The summed E-state index contributed by atoms with van der Waals surface area (Å²) in [4.78, 5) is 0. The summed E-state index contributed by atoms with van der Waals surface area (Å²) >= 11 is 0. The highest BCUT2D eigenvalue weighted by Gasteiger charge is 2.29. The van der Waals surface area contributed by atoms with Gasteiger partial charge in [0, 0.05) is 17.9 Å². The maximum atomic E-state index is 10.0. The van der Waals surface area contributed by atoms with E-state index in [1.807, 2.05) is 36.4 Å². The summed E-state index contributed by atoms with van der Waals surface area (Å²) in [5.74, 6) is 0.956. The Morgan fingerprint density at radius 3 is 2.48 bits per heavy atom. The predicted octanol–water partition coefficient (Wildman–Crippen LogP) is 4.07. The third kappa shape index (κ3) is 2.08. The zero-order valence-electron chi connectivity index (χ0n) is 11.6. The lowest BCUT2D eigenvalue weighted by atomic mass is 9.83. The highest BCUT2D eigenvalue weighted by molar-refractivity contribution is 5.89. The molecule has 1 N–H and O–H groups in total. The van der Waals surface area contributed by atoms with Gasteiger partial charge >= 0.3 is 0 Å². The second kappa shape index (κ2) is 4.90. The minimum absolute atomic E-state index is 0.163. The highest BCUT2D eigenvalue weighted by atomic mass is 16.6. The molecule has 0 saturated carbocycles. The Balaban J connectivity index is 1.98. The van der Waals surface area contributed by atoms with Gasteiger partial charge in [0.05, 0.1) is 0 Å². The van der Waals surface area contributed by atoms with E-state index in [1.165, 1.54) is 21.9 Å². The van der Waals surface area contributed by atoms with E-state index in [9.17, 15) is 5.11 Å². The molecule has 2 heteroatoms. The normalized spacial score (nSPS) is 20.8. The van der Waals surface area contributed by atoms with Crippen molar-refractivity contribution >= 4 is 10.8 Å². The van der Waals surface area contributed by atoms with E-state index in [2.05, 4.69) is 30.3 Å². The smallest absolute Gasteiger partial charge is 0.198 e. The van der Waals surface area contributed by atoms with Gasteiger partial charge in [-0.3, -0.25) is 0 Å². The molecule has 1 heterocycles. The molecule has 0 unspecified atom stereocenters. The molecule has 0 radical (unpaired) electrons. The van der Waals surface area contributed by atoms with Gasteiger partial charge in [0.15, 0.2) is 6.29 Å². The number of aliphatic hydroxyl groups is 1. The molecular formula is C19H16O2. The van der Waals surface area contributed by atoms with Gasteiger partial charge in [-0.2, -0.15) is 0 Å². The number of hydrogen-bond acceptors (Lipinski definition) is 2. The van der Waals surface area contributed by atoms with Crippen LogP contribution in [0.4, 0.5) is 0 Å². The Kier molecular flexibility index (Phi) is 2.90. The first-order chi connectivity index (χ1) is 10.3. The van der Waals surface area contributed by atoms with E-state index >= 15 is 0 Å². The SMILES string of the molecule is O[C@H]1C[C@H](c2ccccc2)c2c(ccc3ccccc23)O1. The van der Waals surface area contributed by atoms with Gasteiger partial charge in [0.25, 0.3) is 0 Å². The number of ether oxygens (including phenoxy) is 1. The average molecular weight is 276 g/mol. The molecule has 104 valence electrons. The first kappa shape index (κ1) is 12.4. The fourth-order valence-corrected chi connectivity index (χ4v) is 3.24. The molecule has 0 amide bonds. The van der Waals surface area contributed by atoms with Crippen LogP contribution in [0.5, 0.6) is 5.75 Å². The third-order valence-electron chi connectivity index (χ3n) is 4.18. The van der Waals surface area contributed by atoms with Crippen molar-refractivity contribution in [3.05, 3.63) is 77.9 Å². The lowest BCUT2D eigenvalue weighted by molar-refractivity contribution is -0.0355. The van der Waals surface area contributed by atoms with Crippen molar-refractivity contribution in [1.29, 1.82) is 0 Å². The number of aliphatic hydroxyl groups excluding tert-OH is 1. The molecule has 0 fully saturated rings. The van der Waals surface area contributed by atoms with Crippen LogP contribution in [0.15, 0.2) is 66.7 Å². The fourth-order valence-electron chi connectivity index (χ4n) is 3.24. The zero-order chi connectivity index (χ0) is 14.2. The van der Waals surface area contributed by atoms with Crippen LogP contribution in [-0.4, -0.2) is 11.4 Å². The van der Waals surface area contributed by atoms with Crippen molar-refractivity contribution in [1.82, 2.24) is 0 Å². The van der Waals surface area contributed by atoms with E-state index in [0.717, 1.165) is 5.75 Å². The molecule has 3 aromatic carbocycles. The second-order valence-corrected chi connectivity index (χ2v) is 5.47.